The number of nitrogens with zero attached hydrogens (tertiary/aromatic N) is 3. The molecule has 2 aromatic heterocycles. The first-order valence-corrected chi connectivity index (χ1v) is 8.34. The van der Waals surface area contributed by atoms with Gasteiger partial charge in [-0.1, -0.05) is 31.2 Å². The van der Waals surface area contributed by atoms with Crippen LogP contribution in [0.5, 0.6) is 0 Å². The molecule has 5 nitrogen and oxygen atoms in total. The molecule has 0 unspecified atom stereocenters. The molecule has 5 heteroatoms. The predicted octanol–water partition coefficient (Wildman–Crippen LogP) is 3.62. The SMILES string of the molecule is CCCC(=O)NCc1ccc(-c2ncncc2-c2ccncc2)cc1. The number of hydrogen-bond acceptors (Lipinski definition) is 4. The first kappa shape index (κ1) is 16.8. The molecule has 1 amide bonds. The molecular formula is C20H20N4O. The number of carbonyl (C=O) groups excluding carboxylic acids is 1. The molecule has 3 aromatic rings. The normalized spacial score (nSPS) is 10.4. The van der Waals surface area contributed by atoms with E-state index < -0.39 is 0 Å². The highest BCUT2D eigenvalue weighted by atomic mass is 16.1. The maximum Gasteiger partial charge on any atom is 0.220 e. The molecule has 0 atom stereocenters. The highest BCUT2D eigenvalue weighted by Crippen LogP contribution is 2.29. The molecule has 126 valence electrons. The Hall–Kier alpha value is -3.08. The molecule has 25 heavy (non-hydrogen) atoms. The third-order valence-corrected chi connectivity index (χ3v) is 3.90. The van der Waals surface area contributed by atoms with Gasteiger partial charge in [0.05, 0.1) is 5.69 Å². The van der Waals surface area contributed by atoms with Gasteiger partial charge in [0.25, 0.3) is 0 Å². The number of pyridine rings is 1. The Morgan fingerprint density at radius 1 is 1.00 bits per heavy atom. The van der Waals surface area contributed by atoms with E-state index in [4.69, 9.17) is 0 Å². The van der Waals surface area contributed by atoms with Crippen molar-refractivity contribution >= 4 is 5.91 Å². The Bertz CT molecular complexity index is 832. The van der Waals surface area contributed by atoms with Crippen molar-refractivity contribution in [3.05, 3.63) is 66.9 Å². The largest absolute Gasteiger partial charge is 0.352 e. The first-order chi connectivity index (χ1) is 12.3. The summed E-state index contributed by atoms with van der Waals surface area (Å²) in [5.41, 5.74) is 4.95. The summed E-state index contributed by atoms with van der Waals surface area (Å²) in [5, 5.41) is 2.92. The van der Waals surface area contributed by atoms with Gasteiger partial charge in [-0.3, -0.25) is 9.78 Å². The van der Waals surface area contributed by atoms with Crippen molar-refractivity contribution in [2.75, 3.05) is 0 Å². The van der Waals surface area contributed by atoms with E-state index >= 15 is 0 Å². The fourth-order valence-corrected chi connectivity index (χ4v) is 2.60. The standard InChI is InChI=1S/C20H20N4O/c1-2-3-19(25)23-12-15-4-6-17(7-5-15)20-18(13-22-14-24-20)16-8-10-21-11-9-16/h4-11,13-14H,2-3,12H2,1H3,(H,23,25). The van der Waals surface area contributed by atoms with E-state index in [1.54, 1.807) is 18.7 Å². The quantitative estimate of drug-likeness (QED) is 0.748. The van der Waals surface area contributed by atoms with Crippen molar-refractivity contribution in [2.45, 2.75) is 26.3 Å². The molecule has 1 N–H and O–H groups in total. The number of hydrogen-bond donors (Lipinski definition) is 1. The minimum absolute atomic E-state index is 0.0855. The summed E-state index contributed by atoms with van der Waals surface area (Å²) in [6, 6.07) is 12.0. The van der Waals surface area contributed by atoms with Crippen LogP contribution < -0.4 is 5.32 Å². The van der Waals surface area contributed by atoms with Gasteiger partial charge in [0, 0.05) is 42.7 Å². The van der Waals surface area contributed by atoms with Crippen molar-refractivity contribution in [1.29, 1.82) is 0 Å². The van der Waals surface area contributed by atoms with Crippen molar-refractivity contribution in [1.82, 2.24) is 20.3 Å². The minimum Gasteiger partial charge on any atom is -0.352 e. The fraction of sp³-hybridized carbons (Fsp3) is 0.200. The number of amides is 1. The highest BCUT2D eigenvalue weighted by Gasteiger charge is 2.09. The maximum absolute atomic E-state index is 11.6. The van der Waals surface area contributed by atoms with Crippen molar-refractivity contribution in [3.8, 4) is 22.4 Å². The summed E-state index contributed by atoms with van der Waals surface area (Å²) in [6.45, 7) is 2.54. The molecule has 0 fully saturated rings. The molecule has 0 radical (unpaired) electrons. The van der Waals surface area contributed by atoms with Crippen LogP contribution in [0.2, 0.25) is 0 Å². The van der Waals surface area contributed by atoms with Gasteiger partial charge in [-0.15, -0.1) is 0 Å². The van der Waals surface area contributed by atoms with E-state index in [0.717, 1.165) is 34.4 Å². The molecule has 0 saturated carbocycles. The molecule has 0 saturated heterocycles. The van der Waals surface area contributed by atoms with Crippen LogP contribution in [0.3, 0.4) is 0 Å². The topological polar surface area (TPSA) is 67.8 Å². The number of benzene rings is 1. The van der Waals surface area contributed by atoms with Gasteiger partial charge in [0.1, 0.15) is 6.33 Å². The Labute approximate surface area is 147 Å². The zero-order valence-electron chi connectivity index (χ0n) is 14.1. The summed E-state index contributed by atoms with van der Waals surface area (Å²) < 4.78 is 0. The average Bonchev–Trinajstić information content (AvgIpc) is 2.68. The number of rotatable bonds is 6. The Balaban J connectivity index is 1.80. The average molecular weight is 332 g/mol. The molecule has 0 aliphatic heterocycles. The number of aromatic nitrogens is 3. The van der Waals surface area contributed by atoms with Gasteiger partial charge in [-0.2, -0.15) is 0 Å². The Morgan fingerprint density at radius 2 is 1.76 bits per heavy atom. The van der Waals surface area contributed by atoms with E-state index in [0.29, 0.717) is 13.0 Å². The third kappa shape index (κ3) is 4.26. The van der Waals surface area contributed by atoms with Crippen LogP contribution in [0, 0.1) is 0 Å². The zero-order chi connectivity index (χ0) is 17.5. The lowest BCUT2D eigenvalue weighted by molar-refractivity contribution is -0.121. The molecule has 0 spiro atoms. The Morgan fingerprint density at radius 3 is 2.48 bits per heavy atom. The van der Waals surface area contributed by atoms with Crippen molar-refractivity contribution < 1.29 is 4.79 Å². The van der Waals surface area contributed by atoms with Crippen LogP contribution in [-0.2, 0) is 11.3 Å². The van der Waals surface area contributed by atoms with Gasteiger partial charge in [0.2, 0.25) is 5.91 Å². The van der Waals surface area contributed by atoms with Crippen LogP contribution in [0.15, 0.2) is 61.3 Å². The second-order valence-corrected chi connectivity index (χ2v) is 5.74. The van der Waals surface area contributed by atoms with Gasteiger partial charge >= 0.3 is 0 Å². The molecular weight excluding hydrogens is 312 g/mol. The minimum atomic E-state index is 0.0855. The fourth-order valence-electron chi connectivity index (χ4n) is 2.60. The van der Waals surface area contributed by atoms with Gasteiger partial charge in [-0.25, -0.2) is 9.97 Å². The van der Waals surface area contributed by atoms with Gasteiger partial charge in [0.15, 0.2) is 0 Å². The second-order valence-electron chi connectivity index (χ2n) is 5.74. The summed E-state index contributed by atoms with van der Waals surface area (Å²) in [6.07, 6.45) is 8.31. The molecule has 0 bridgehead atoms. The smallest absolute Gasteiger partial charge is 0.220 e. The van der Waals surface area contributed by atoms with E-state index in [1.807, 2.05) is 49.5 Å². The lowest BCUT2D eigenvalue weighted by Gasteiger charge is -2.09. The van der Waals surface area contributed by atoms with Crippen LogP contribution in [0.4, 0.5) is 0 Å². The highest BCUT2D eigenvalue weighted by molar-refractivity contribution is 5.80. The van der Waals surface area contributed by atoms with Gasteiger partial charge in [-0.05, 0) is 29.7 Å². The summed E-state index contributed by atoms with van der Waals surface area (Å²) in [4.78, 5) is 24.2. The number of carbonyl (C=O) groups is 1. The van der Waals surface area contributed by atoms with Gasteiger partial charge < -0.3 is 5.32 Å². The summed E-state index contributed by atoms with van der Waals surface area (Å²) in [5.74, 6) is 0.0855. The van der Waals surface area contributed by atoms with E-state index in [2.05, 4.69) is 20.3 Å². The molecule has 2 heterocycles. The Kier molecular flexibility index (Phi) is 5.46. The lowest BCUT2D eigenvalue weighted by atomic mass is 10.0. The second kappa shape index (κ2) is 8.15. The number of nitrogens with one attached hydrogen (secondary N) is 1. The molecule has 0 aliphatic rings. The summed E-state index contributed by atoms with van der Waals surface area (Å²) in [7, 11) is 0. The van der Waals surface area contributed by atoms with E-state index in [-0.39, 0.29) is 5.91 Å². The van der Waals surface area contributed by atoms with Crippen LogP contribution in [0.25, 0.3) is 22.4 Å². The molecule has 1 aromatic carbocycles. The van der Waals surface area contributed by atoms with Crippen molar-refractivity contribution in [2.24, 2.45) is 0 Å². The van der Waals surface area contributed by atoms with Crippen LogP contribution in [0.1, 0.15) is 25.3 Å². The van der Waals surface area contributed by atoms with E-state index in [1.165, 1.54) is 0 Å². The monoisotopic (exact) mass is 332 g/mol. The molecule has 0 aliphatic carbocycles. The first-order valence-electron chi connectivity index (χ1n) is 8.34. The zero-order valence-corrected chi connectivity index (χ0v) is 14.1. The summed E-state index contributed by atoms with van der Waals surface area (Å²) >= 11 is 0. The third-order valence-electron chi connectivity index (χ3n) is 3.90. The van der Waals surface area contributed by atoms with Crippen LogP contribution >= 0.6 is 0 Å². The molecule has 3 rings (SSSR count). The van der Waals surface area contributed by atoms with Crippen LogP contribution in [-0.4, -0.2) is 20.9 Å². The lowest BCUT2D eigenvalue weighted by Crippen LogP contribution is -2.21. The maximum atomic E-state index is 11.6. The van der Waals surface area contributed by atoms with E-state index in [9.17, 15) is 4.79 Å². The predicted molar refractivity (Wildman–Crippen MR) is 97.5 cm³/mol. The van der Waals surface area contributed by atoms with Crippen molar-refractivity contribution in [3.63, 3.8) is 0 Å².